The number of nitrogens with zero attached hydrogens (tertiary/aromatic N) is 1. The molecule has 2 N–H and O–H groups in total. The van der Waals surface area contributed by atoms with E-state index in [4.69, 9.17) is 17.0 Å². The molecule has 0 aliphatic heterocycles. The summed E-state index contributed by atoms with van der Waals surface area (Å²) in [5.74, 6) is 1.23. The Labute approximate surface area is 173 Å². The van der Waals surface area contributed by atoms with Crippen LogP contribution in [-0.2, 0) is 0 Å². The summed E-state index contributed by atoms with van der Waals surface area (Å²) in [5, 5.41) is 10.8. The van der Waals surface area contributed by atoms with Gasteiger partial charge >= 0.3 is 0 Å². The first-order valence-corrected chi connectivity index (χ1v) is 9.79. The van der Waals surface area contributed by atoms with Gasteiger partial charge in [0.1, 0.15) is 17.1 Å². The first-order chi connectivity index (χ1) is 14.1. The number of nitrogens with one attached hydrogen (secondary N) is 1. The molecule has 0 amide bonds. The molecular formula is C23H20N2O3S. The molecule has 0 spiro atoms. The van der Waals surface area contributed by atoms with Gasteiger partial charge in [0.05, 0.1) is 5.69 Å². The van der Waals surface area contributed by atoms with Gasteiger partial charge in [0.25, 0.3) is 5.56 Å². The first-order valence-electron chi connectivity index (χ1n) is 9.38. The van der Waals surface area contributed by atoms with E-state index in [1.54, 1.807) is 30.3 Å². The lowest BCUT2D eigenvalue weighted by atomic mass is 9.99. The van der Waals surface area contributed by atoms with Crippen molar-refractivity contribution in [3.8, 4) is 23.1 Å². The highest BCUT2D eigenvalue weighted by molar-refractivity contribution is 7.71. The standard InChI is InChI=1S/C23H20N2O3S/c26-21-20(15-16-7-3-1-4-8-16)22(27)25(23(29)24-21)17-11-13-19(14-12-17)28-18-9-5-2-6-10-18/h1-3,5-6,9-15,27H,4,7-8H2,(H,24,26,29). The predicted molar refractivity (Wildman–Crippen MR) is 116 cm³/mol. The van der Waals surface area contributed by atoms with E-state index >= 15 is 0 Å². The quantitative estimate of drug-likeness (QED) is 0.444. The highest BCUT2D eigenvalue weighted by Crippen LogP contribution is 2.27. The highest BCUT2D eigenvalue weighted by atomic mass is 32.1. The van der Waals surface area contributed by atoms with Crippen LogP contribution >= 0.6 is 12.2 Å². The van der Waals surface area contributed by atoms with Crippen molar-refractivity contribution in [2.75, 3.05) is 0 Å². The summed E-state index contributed by atoms with van der Waals surface area (Å²) in [6.07, 6.45) is 8.54. The van der Waals surface area contributed by atoms with E-state index in [-0.39, 0.29) is 16.2 Å². The van der Waals surface area contributed by atoms with E-state index in [1.165, 1.54) is 4.57 Å². The van der Waals surface area contributed by atoms with Gasteiger partial charge in [-0.05, 0) is 74.0 Å². The largest absolute Gasteiger partial charge is 0.494 e. The second-order valence-corrected chi connectivity index (χ2v) is 7.14. The number of aromatic amines is 1. The number of para-hydroxylation sites is 1. The van der Waals surface area contributed by atoms with Crippen molar-refractivity contribution in [2.45, 2.75) is 19.3 Å². The van der Waals surface area contributed by atoms with E-state index in [0.29, 0.717) is 11.4 Å². The lowest BCUT2D eigenvalue weighted by Gasteiger charge is -2.14. The van der Waals surface area contributed by atoms with Crippen LogP contribution in [0.5, 0.6) is 17.4 Å². The van der Waals surface area contributed by atoms with E-state index in [0.717, 1.165) is 30.6 Å². The molecule has 0 bridgehead atoms. The molecule has 146 valence electrons. The fraction of sp³-hybridized carbons (Fsp3) is 0.130. The average Bonchev–Trinajstić information content (AvgIpc) is 2.74. The van der Waals surface area contributed by atoms with Gasteiger partial charge in [-0.2, -0.15) is 0 Å². The van der Waals surface area contributed by atoms with Gasteiger partial charge in [-0.25, -0.2) is 0 Å². The van der Waals surface area contributed by atoms with Crippen LogP contribution < -0.4 is 10.3 Å². The Morgan fingerprint density at radius 2 is 1.76 bits per heavy atom. The molecule has 0 fully saturated rings. The molecule has 1 aromatic heterocycles. The minimum atomic E-state index is -0.394. The molecule has 1 aliphatic rings. The number of hydrogen-bond donors (Lipinski definition) is 2. The van der Waals surface area contributed by atoms with Gasteiger partial charge in [-0.3, -0.25) is 14.3 Å². The molecule has 2 aromatic carbocycles. The van der Waals surface area contributed by atoms with Gasteiger partial charge in [-0.1, -0.05) is 35.9 Å². The maximum atomic E-state index is 12.4. The molecule has 3 aromatic rings. The van der Waals surface area contributed by atoms with Gasteiger partial charge < -0.3 is 9.84 Å². The fourth-order valence-electron chi connectivity index (χ4n) is 3.25. The van der Waals surface area contributed by atoms with Gasteiger partial charge in [0.15, 0.2) is 4.77 Å². The average molecular weight is 404 g/mol. The third-order valence-corrected chi connectivity index (χ3v) is 5.01. The summed E-state index contributed by atoms with van der Waals surface area (Å²) in [7, 11) is 0. The molecule has 29 heavy (non-hydrogen) atoms. The Morgan fingerprint density at radius 3 is 2.45 bits per heavy atom. The van der Waals surface area contributed by atoms with Crippen molar-refractivity contribution >= 4 is 18.3 Å². The lowest BCUT2D eigenvalue weighted by molar-refractivity contribution is 0.431. The number of aromatic hydroxyl groups is 1. The molecule has 0 radical (unpaired) electrons. The van der Waals surface area contributed by atoms with Crippen LogP contribution in [0.3, 0.4) is 0 Å². The Kier molecular flexibility index (Phi) is 5.44. The molecule has 5 nitrogen and oxygen atoms in total. The van der Waals surface area contributed by atoms with E-state index in [2.05, 4.69) is 17.1 Å². The van der Waals surface area contributed by atoms with Crippen molar-refractivity contribution < 1.29 is 9.84 Å². The van der Waals surface area contributed by atoms with E-state index < -0.39 is 5.56 Å². The minimum absolute atomic E-state index is 0.134. The summed E-state index contributed by atoms with van der Waals surface area (Å²) < 4.78 is 7.39. The summed E-state index contributed by atoms with van der Waals surface area (Å²) in [6, 6.07) is 16.6. The van der Waals surface area contributed by atoms with Crippen molar-refractivity contribution in [2.24, 2.45) is 0 Å². The third kappa shape index (κ3) is 4.22. The monoisotopic (exact) mass is 404 g/mol. The molecule has 0 saturated heterocycles. The number of rotatable bonds is 4. The maximum absolute atomic E-state index is 12.4. The van der Waals surface area contributed by atoms with Crippen molar-refractivity contribution in [1.82, 2.24) is 9.55 Å². The van der Waals surface area contributed by atoms with E-state index in [1.807, 2.05) is 30.3 Å². The zero-order chi connectivity index (χ0) is 20.2. The van der Waals surface area contributed by atoms with Gasteiger partial charge in [0, 0.05) is 0 Å². The lowest BCUT2D eigenvalue weighted by Crippen LogP contribution is -2.16. The minimum Gasteiger partial charge on any atom is -0.494 e. The van der Waals surface area contributed by atoms with Crippen molar-refractivity contribution in [3.63, 3.8) is 0 Å². The molecule has 4 rings (SSSR count). The van der Waals surface area contributed by atoms with Gasteiger partial charge in [-0.15, -0.1) is 0 Å². The molecule has 1 aliphatic carbocycles. The number of aromatic nitrogens is 2. The second-order valence-electron chi connectivity index (χ2n) is 6.76. The molecule has 1 heterocycles. The van der Waals surface area contributed by atoms with Crippen LogP contribution in [0.25, 0.3) is 11.8 Å². The predicted octanol–water partition coefficient (Wildman–Crippen LogP) is 5.52. The summed E-state index contributed by atoms with van der Waals surface area (Å²) in [6.45, 7) is 0. The Balaban J connectivity index is 1.69. The van der Waals surface area contributed by atoms with Crippen LogP contribution in [0.4, 0.5) is 0 Å². The first kappa shape index (κ1) is 19.0. The topological polar surface area (TPSA) is 67.2 Å². The summed E-state index contributed by atoms with van der Waals surface area (Å²) in [5.41, 5.74) is 1.55. The van der Waals surface area contributed by atoms with Crippen LogP contribution in [-0.4, -0.2) is 14.7 Å². The third-order valence-electron chi connectivity index (χ3n) is 4.72. The molecule has 0 saturated carbocycles. The summed E-state index contributed by atoms with van der Waals surface area (Å²) >= 11 is 5.30. The Morgan fingerprint density at radius 1 is 1.03 bits per heavy atom. The van der Waals surface area contributed by atoms with Crippen LogP contribution in [0.1, 0.15) is 24.8 Å². The number of allylic oxidation sites excluding steroid dienone is 3. The SMILES string of the molecule is O=c1[nH]c(=S)n(-c2ccc(Oc3ccccc3)cc2)c(O)c1C=C1CC=CCC1. The summed E-state index contributed by atoms with van der Waals surface area (Å²) in [4.78, 5) is 15.1. The molecule has 0 atom stereocenters. The smallest absolute Gasteiger partial charge is 0.262 e. The fourth-order valence-corrected chi connectivity index (χ4v) is 3.54. The Bertz CT molecular complexity index is 1190. The van der Waals surface area contributed by atoms with Crippen LogP contribution in [0, 0.1) is 4.77 Å². The highest BCUT2D eigenvalue weighted by Gasteiger charge is 2.14. The van der Waals surface area contributed by atoms with Gasteiger partial charge in [0.2, 0.25) is 5.88 Å². The number of H-pyrrole nitrogens is 1. The number of benzene rings is 2. The molecule has 0 unspecified atom stereocenters. The number of hydrogen-bond acceptors (Lipinski definition) is 4. The van der Waals surface area contributed by atoms with Crippen LogP contribution in [0.15, 0.2) is 77.1 Å². The Hall–Kier alpha value is -3.38. The maximum Gasteiger partial charge on any atom is 0.262 e. The van der Waals surface area contributed by atoms with Crippen molar-refractivity contribution in [1.29, 1.82) is 0 Å². The number of ether oxygens (including phenoxy) is 1. The molecule has 6 heteroatoms. The zero-order valence-corrected chi connectivity index (χ0v) is 16.5. The normalized spacial score (nSPS) is 14.8. The molecular weight excluding hydrogens is 384 g/mol. The van der Waals surface area contributed by atoms with Crippen LogP contribution in [0.2, 0.25) is 0 Å². The second kappa shape index (κ2) is 8.32. The zero-order valence-electron chi connectivity index (χ0n) is 15.7. The van der Waals surface area contributed by atoms with E-state index in [9.17, 15) is 9.90 Å². The van der Waals surface area contributed by atoms with Crippen molar-refractivity contribution in [3.05, 3.63) is 93.0 Å².